The highest BCUT2D eigenvalue weighted by Gasteiger charge is 2.12. The highest BCUT2D eigenvalue weighted by molar-refractivity contribution is 5.95. The Morgan fingerprint density at radius 2 is 1.84 bits per heavy atom. The maximum absolute atomic E-state index is 5.79. The molecule has 0 saturated heterocycles. The van der Waals surface area contributed by atoms with Crippen molar-refractivity contribution < 1.29 is 0 Å². The number of nitrogen functional groups attached to an aromatic ring is 1. The number of rotatable bonds is 1. The molecule has 0 aliphatic carbocycles. The van der Waals surface area contributed by atoms with E-state index in [1.54, 1.807) is 6.20 Å². The van der Waals surface area contributed by atoms with Crippen molar-refractivity contribution >= 4 is 16.6 Å². The first-order valence-corrected chi connectivity index (χ1v) is 6.11. The van der Waals surface area contributed by atoms with Gasteiger partial charge in [0.05, 0.1) is 5.69 Å². The lowest BCUT2D eigenvalue weighted by molar-refractivity contribution is 1.02. The van der Waals surface area contributed by atoms with Gasteiger partial charge >= 0.3 is 0 Å². The van der Waals surface area contributed by atoms with Gasteiger partial charge in [-0.1, -0.05) is 18.2 Å². The van der Waals surface area contributed by atoms with Crippen molar-refractivity contribution in [2.75, 3.05) is 5.73 Å². The fraction of sp³-hybridized carbons (Fsp3) is 0.133. The Morgan fingerprint density at radius 3 is 2.68 bits per heavy atom. The lowest BCUT2D eigenvalue weighted by Gasteiger charge is -2.10. The van der Waals surface area contributed by atoms with Crippen LogP contribution in [0.2, 0.25) is 0 Å². The van der Waals surface area contributed by atoms with Gasteiger partial charge in [-0.3, -0.25) is 4.98 Å². The third kappa shape index (κ3) is 1.81. The molecule has 2 aromatic heterocycles. The molecule has 4 nitrogen and oxygen atoms in total. The second-order valence-corrected chi connectivity index (χ2v) is 4.59. The molecular weight excluding hydrogens is 236 g/mol. The average molecular weight is 250 g/mol. The summed E-state index contributed by atoms with van der Waals surface area (Å²) in [4.78, 5) is 4.20. The van der Waals surface area contributed by atoms with Crippen LogP contribution in [0.4, 0.5) is 5.82 Å². The van der Waals surface area contributed by atoms with Crippen molar-refractivity contribution in [1.29, 1.82) is 0 Å². The minimum absolute atomic E-state index is 0.486. The van der Waals surface area contributed by atoms with Crippen molar-refractivity contribution in [3.63, 3.8) is 0 Å². The summed E-state index contributed by atoms with van der Waals surface area (Å²) in [6.07, 6.45) is 3.65. The number of pyridine rings is 1. The van der Waals surface area contributed by atoms with Gasteiger partial charge in [-0.05, 0) is 36.4 Å². The summed E-state index contributed by atoms with van der Waals surface area (Å²) in [5, 5.41) is 10.5. The zero-order valence-electron chi connectivity index (χ0n) is 10.9. The number of nitrogens with zero attached hydrogens (tertiary/aromatic N) is 3. The van der Waals surface area contributed by atoms with Crippen LogP contribution in [0, 0.1) is 13.8 Å². The predicted molar refractivity (Wildman–Crippen MR) is 76.7 cm³/mol. The van der Waals surface area contributed by atoms with E-state index >= 15 is 0 Å². The molecule has 2 N–H and O–H groups in total. The van der Waals surface area contributed by atoms with Crippen LogP contribution in [-0.2, 0) is 0 Å². The van der Waals surface area contributed by atoms with Gasteiger partial charge in [-0.2, -0.15) is 0 Å². The molecule has 2 heterocycles. The molecule has 3 rings (SSSR count). The molecule has 0 bridgehead atoms. The average Bonchev–Trinajstić information content (AvgIpc) is 2.45. The first kappa shape index (κ1) is 11.6. The molecule has 0 aliphatic heterocycles. The standard InChI is InChI=1S/C15H14N4/c1-9-10(2)15(16)19-18-14(9)12-5-3-4-11-6-7-17-8-13(11)12/h3-8H,1-2H3,(H2,16,19). The SMILES string of the molecule is Cc1c(N)nnc(-c2cccc3ccncc23)c1C. The quantitative estimate of drug-likeness (QED) is 0.721. The number of hydrogen-bond donors (Lipinski definition) is 1. The molecule has 0 atom stereocenters. The van der Waals surface area contributed by atoms with Crippen LogP contribution >= 0.6 is 0 Å². The van der Waals surface area contributed by atoms with E-state index in [-0.39, 0.29) is 0 Å². The van der Waals surface area contributed by atoms with E-state index in [0.29, 0.717) is 5.82 Å². The van der Waals surface area contributed by atoms with E-state index in [1.165, 1.54) is 0 Å². The number of benzene rings is 1. The number of nitrogens with two attached hydrogens (primary N) is 1. The Hall–Kier alpha value is -2.49. The van der Waals surface area contributed by atoms with Gasteiger partial charge in [0.15, 0.2) is 0 Å². The summed E-state index contributed by atoms with van der Waals surface area (Å²) >= 11 is 0. The van der Waals surface area contributed by atoms with Crippen molar-refractivity contribution in [2.45, 2.75) is 13.8 Å². The van der Waals surface area contributed by atoms with E-state index < -0.39 is 0 Å². The van der Waals surface area contributed by atoms with Gasteiger partial charge in [-0.15, -0.1) is 10.2 Å². The number of hydrogen-bond acceptors (Lipinski definition) is 4. The van der Waals surface area contributed by atoms with Gasteiger partial charge < -0.3 is 5.73 Å². The van der Waals surface area contributed by atoms with E-state index in [1.807, 2.05) is 38.2 Å². The van der Waals surface area contributed by atoms with Crippen LogP contribution < -0.4 is 5.73 Å². The van der Waals surface area contributed by atoms with Crippen LogP contribution in [0.1, 0.15) is 11.1 Å². The lowest BCUT2D eigenvalue weighted by Crippen LogP contribution is -2.02. The number of fused-ring (bicyclic) bond motifs is 1. The van der Waals surface area contributed by atoms with Crippen LogP contribution in [0.25, 0.3) is 22.0 Å². The molecule has 94 valence electrons. The molecular formula is C15H14N4. The second-order valence-electron chi connectivity index (χ2n) is 4.59. The largest absolute Gasteiger partial charge is 0.382 e. The summed E-state index contributed by atoms with van der Waals surface area (Å²) in [6, 6.07) is 8.11. The fourth-order valence-corrected chi connectivity index (χ4v) is 2.20. The Kier molecular flexibility index (Phi) is 2.63. The topological polar surface area (TPSA) is 64.7 Å². The highest BCUT2D eigenvalue weighted by atomic mass is 15.1. The molecule has 0 saturated carbocycles. The van der Waals surface area contributed by atoms with Crippen molar-refractivity contribution in [1.82, 2.24) is 15.2 Å². The van der Waals surface area contributed by atoms with Gasteiger partial charge in [0.25, 0.3) is 0 Å². The summed E-state index contributed by atoms with van der Waals surface area (Å²) in [5.41, 5.74) is 9.74. The van der Waals surface area contributed by atoms with E-state index in [2.05, 4.69) is 21.2 Å². The maximum atomic E-state index is 5.79. The molecule has 0 amide bonds. The van der Waals surface area contributed by atoms with Crippen molar-refractivity contribution in [3.8, 4) is 11.3 Å². The molecule has 0 aliphatic rings. The van der Waals surface area contributed by atoms with Crippen LogP contribution in [0.5, 0.6) is 0 Å². The molecule has 1 aromatic carbocycles. The van der Waals surface area contributed by atoms with E-state index in [4.69, 9.17) is 5.73 Å². The number of anilines is 1. The summed E-state index contributed by atoms with van der Waals surface area (Å²) in [5.74, 6) is 0.486. The minimum Gasteiger partial charge on any atom is -0.382 e. The summed E-state index contributed by atoms with van der Waals surface area (Å²) in [7, 11) is 0. The Balaban J connectivity index is 2.34. The zero-order chi connectivity index (χ0) is 13.4. The molecule has 0 unspecified atom stereocenters. The molecule has 0 fully saturated rings. The van der Waals surface area contributed by atoms with Gasteiger partial charge in [0.1, 0.15) is 5.82 Å². The summed E-state index contributed by atoms with van der Waals surface area (Å²) in [6.45, 7) is 3.98. The summed E-state index contributed by atoms with van der Waals surface area (Å²) < 4.78 is 0. The molecule has 0 radical (unpaired) electrons. The first-order valence-electron chi connectivity index (χ1n) is 6.11. The molecule has 19 heavy (non-hydrogen) atoms. The predicted octanol–water partition coefficient (Wildman–Crippen LogP) is 2.89. The van der Waals surface area contributed by atoms with E-state index in [0.717, 1.165) is 33.2 Å². The molecule has 0 spiro atoms. The van der Waals surface area contributed by atoms with Crippen molar-refractivity contribution in [3.05, 3.63) is 47.8 Å². The maximum Gasteiger partial charge on any atom is 0.149 e. The Bertz CT molecular complexity index is 760. The smallest absolute Gasteiger partial charge is 0.149 e. The van der Waals surface area contributed by atoms with Gasteiger partial charge in [0, 0.05) is 23.3 Å². The number of aromatic nitrogens is 3. The molecule has 4 heteroatoms. The van der Waals surface area contributed by atoms with Gasteiger partial charge in [-0.25, -0.2) is 0 Å². The monoisotopic (exact) mass is 250 g/mol. The third-order valence-electron chi connectivity index (χ3n) is 3.50. The first-order chi connectivity index (χ1) is 9.18. The van der Waals surface area contributed by atoms with Crippen LogP contribution in [0.3, 0.4) is 0 Å². The van der Waals surface area contributed by atoms with Crippen LogP contribution in [0.15, 0.2) is 36.7 Å². The minimum atomic E-state index is 0.486. The van der Waals surface area contributed by atoms with Gasteiger partial charge in [0.2, 0.25) is 0 Å². The normalized spacial score (nSPS) is 10.8. The lowest BCUT2D eigenvalue weighted by atomic mass is 9.99. The van der Waals surface area contributed by atoms with Crippen molar-refractivity contribution in [2.24, 2.45) is 0 Å². The molecule has 3 aromatic rings. The van der Waals surface area contributed by atoms with Crippen LogP contribution in [-0.4, -0.2) is 15.2 Å². The highest BCUT2D eigenvalue weighted by Crippen LogP contribution is 2.30. The zero-order valence-corrected chi connectivity index (χ0v) is 10.9. The second kappa shape index (κ2) is 4.31. The third-order valence-corrected chi connectivity index (χ3v) is 3.50. The van der Waals surface area contributed by atoms with E-state index in [9.17, 15) is 0 Å². The Morgan fingerprint density at radius 1 is 1.00 bits per heavy atom. The fourth-order valence-electron chi connectivity index (χ4n) is 2.20. The Labute approximate surface area is 111 Å².